The van der Waals surface area contributed by atoms with Gasteiger partial charge in [-0.2, -0.15) is 0 Å². The topological polar surface area (TPSA) is 58.6 Å². The van der Waals surface area contributed by atoms with Crippen LogP contribution in [-0.2, 0) is 9.53 Å². The van der Waals surface area contributed by atoms with Crippen LogP contribution in [0.3, 0.4) is 0 Å². The average molecular weight is 250 g/mol. The summed E-state index contributed by atoms with van der Waals surface area (Å²) in [6.45, 7) is 4.34. The van der Waals surface area contributed by atoms with Gasteiger partial charge in [0.25, 0.3) is 0 Å². The summed E-state index contributed by atoms with van der Waals surface area (Å²) in [7, 11) is 0. The van der Waals surface area contributed by atoms with Crippen molar-refractivity contribution in [2.45, 2.75) is 13.8 Å². The van der Waals surface area contributed by atoms with E-state index < -0.39 is 6.09 Å². The maximum absolute atomic E-state index is 11.5. The zero-order valence-corrected chi connectivity index (χ0v) is 10.7. The van der Waals surface area contributed by atoms with Gasteiger partial charge >= 0.3 is 6.09 Å². The molecular weight excluding hydrogens is 232 g/mol. The lowest BCUT2D eigenvalue weighted by Gasteiger charge is -2.21. The fraction of sp³-hybridized carbons (Fsp3) is 0.385. The Kier molecular flexibility index (Phi) is 5.70. The van der Waals surface area contributed by atoms with Crippen LogP contribution in [0.15, 0.2) is 30.3 Å². The molecule has 1 aromatic rings. The minimum atomic E-state index is -0.464. The van der Waals surface area contributed by atoms with Gasteiger partial charge in [0.15, 0.2) is 0 Å². The summed E-state index contributed by atoms with van der Waals surface area (Å²) in [6.07, 6.45) is -0.464. The Morgan fingerprint density at radius 2 is 1.94 bits per heavy atom. The number of carbonyl (C=O) groups excluding carboxylic acids is 2. The number of hydrogen-bond acceptors (Lipinski definition) is 3. The molecule has 0 spiro atoms. The fourth-order valence-corrected chi connectivity index (χ4v) is 1.53. The molecule has 0 heterocycles. The van der Waals surface area contributed by atoms with Crippen molar-refractivity contribution in [2.24, 2.45) is 0 Å². The fourth-order valence-electron chi connectivity index (χ4n) is 1.53. The van der Waals surface area contributed by atoms with Crippen LogP contribution >= 0.6 is 0 Å². The number of hydrogen-bond donors (Lipinski definition) is 1. The minimum Gasteiger partial charge on any atom is -0.450 e. The Bertz CT molecular complexity index is 392. The highest BCUT2D eigenvalue weighted by molar-refractivity contribution is 5.91. The third-order valence-corrected chi connectivity index (χ3v) is 2.33. The van der Waals surface area contributed by atoms with Gasteiger partial charge in [0, 0.05) is 25.7 Å². The smallest absolute Gasteiger partial charge is 0.407 e. The van der Waals surface area contributed by atoms with E-state index in [9.17, 15) is 9.59 Å². The molecule has 5 heteroatoms. The number of rotatable bonds is 5. The second-order valence-electron chi connectivity index (χ2n) is 3.65. The van der Waals surface area contributed by atoms with Gasteiger partial charge < -0.3 is 15.0 Å². The first-order chi connectivity index (χ1) is 8.65. The summed E-state index contributed by atoms with van der Waals surface area (Å²) in [6, 6.07) is 9.32. The first kappa shape index (κ1) is 14.0. The molecule has 1 N–H and O–H groups in total. The van der Waals surface area contributed by atoms with Crippen LogP contribution in [0.1, 0.15) is 13.8 Å². The van der Waals surface area contributed by atoms with E-state index in [4.69, 9.17) is 4.74 Å². The van der Waals surface area contributed by atoms with E-state index in [1.807, 2.05) is 30.3 Å². The molecule has 0 atom stereocenters. The van der Waals surface area contributed by atoms with Crippen molar-refractivity contribution in [2.75, 3.05) is 24.6 Å². The Balaban J connectivity index is 2.50. The second kappa shape index (κ2) is 7.32. The van der Waals surface area contributed by atoms with Crippen molar-refractivity contribution in [1.29, 1.82) is 0 Å². The molecule has 5 nitrogen and oxygen atoms in total. The predicted octanol–water partition coefficient (Wildman–Crippen LogP) is 1.79. The van der Waals surface area contributed by atoms with Crippen LogP contribution < -0.4 is 10.2 Å². The molecule has 0 bridgehead atoms. The number of amides is 2. The largest absolute Gasteiger partial charge is 0.450 e. The summed E-state index contributed by atoms with van der Waals surface area (Å²) in [5, 5.41) is 2.58. The highest BCUT2D eigenvalue weighted by atomic mass is 16.5. The van der Waals surface area contributed by atoms with Crippen molar-refractivity contribution in [3.05, 3.63) is 30.3 Å². The molecule has 1 rings (SSSR count). The Labute approximate surface area is 107 Å². The average Bonchev–Trinajstić information content (AvgIpc) is 2.35. The predicted molar refractivity (Wildman–Crippen MR) is 69.5 cm³/mol. The molecule has 0 unspecified atom stereocenters. The van der Waals surface area contributed by atoms with Gasteiger partial charge in [-0.15, -0.1) is 0 Å². The van der Waals surface area contributed by atoms with Crippen LogP contribution in [0, 0.1) is 0 Å². The van der Waals surface area contributed by atoms with E-state index in [1.165, 1.54) is 6.92 Å². The molecule has 0 aliphatic heterocycles. The number of para-hydroxylation sites is 1. The van der Waals surface area contributed by atoms with E-state index in [0.717, 1.165) is 5.69 Å². The molecule has 0 aliphatic rings. The number of carbonyl (C=O) groups is 2. The third-order valence-electron chi connectivity index (χ3n) is 2.33. The number of alkyl carbamates (subject to hydrolysis) is 1. The van der Waals surface area contributed by atoms with Gasteiger partial charge in [-0.3, -0.25) is 4.79 Å². The maximum Gasteiger partial charge on any atom is 0.407 e. The van der Waals surface area contributed by atoms with Crippen molar-refractivity contribution < 1.29 is 14.3 Å². The number of nitrogens with one attached hydrogen (secondary N) is 1. The molecule has 2 amide bonds. The first-order valence-corrected chi connectivity index (χ1v) is 5.89. The molecule has 98 valence electrons. The van der Waals surface area contributed by atoms with Crippen LogP contribution in [-0.4, -0.2) is 31.7 Å². The SMILES string of the molecule is CCOC(=O)NCCN(C(C)=O)c1ccccc1. The summed E-state index contributed by atoms with van der Waals surface area (Å²) in [4.78, 5) is 24.2. The molecule has 18 heavy (non-hydrogen) atoms. The number of anilines is 1. The highest BCUT2D eigenvalue weighted by Crippen LogP contribution is 2.12. The molecule has 0 radical (unpaired) electrons. The number of ether oxygens (including phenoxy) is 1. The molecular formula is C13H18N2O3. The lowest BCUT2D eigenvalue weighted by molar-refractivity contribution is -0.116. The van der Waals surface area contributed by atoms with Gasteiger partial charge in [-0.25, -0.2) is 4.79 Å². The highest BCUT2D eigenvalue weighted by Gasteiger charge is 2.11. The van der Waals surface area contributed by atoms with Gasteiger partial charge in [-0.1, -0.05) is 18.2 Å². The minimum absolute atomic E-state index is 0.0631. The Morgan fingerprint density at radius 1 is 1.28 bits per heavy atom. The van der Waals surface area contributed by atoms with Crippen LogP contribution in [0.25, 0.3) is 0 Å². The van der Waals surface area contributed by atoms with Gasteiger partial charge in [0.05, 0.1) is 6.61 Å². The number of benzene rings is 1. The van der Waals surface area contributed by atoms with E-state index >= 15 is 0 Å². The molecule has 0 saturated heterocycles. The molecule has 0 aliphatic carbocycles. The molecule has 0 aromatic heterocycles. The van der Waals surface area contributed by atoms with Crippen molar-refractivity contribution in [3.63, 3.8) is 0 Å². The maximum atomic E-state index is 11.5. The van der Waals surface area contributed by atoms with Crippen molar-refractivity contribution in [3.8, 4) is 0 Å². The monoisotopic (exact) mass is 250 g/mol. The molecule has 0 saturated carbocycles. The zero-order valence-electron chi connectivity index (χ0n) is 10.7. The van der Waals surface area contributed by atoms with Gasteiger partial charge in [-0.05, 0) is 19.1 Å². The van der Waals surface area contributed by atoms with E-state index in [-0.39, 0.29) is 5.91 Å². The Morgan fingerprint density at radius 3 is 2.50 bits per heavy atom. The summed E-state index contributed by atoms with van der Waals surface area (Å²) < 4.78 is 4.74. The summed E-state index contributed by atoms with van der Waals surface area (Å²) in [5.41, 5.74) is 0.815. The third kappa shape index (κ3) is 4.45. The van der Waals surface area contributed by atoms with Crippen LogP contribution in [0.5, 0.6) is 0 Å². The van der Waals surface area contributed by atoms with Crippen molar-refractivity contribution >= 4 is 17.7 Å². The van der Waals surface area contributed by atoms with Crippen molar-refractivity contribution in [1.82, 2.24) is 5.32 Å². The lowest BCUT2D eigenvalue weighted by atomic mass is 10.3. The van der Waals surface area contributed by atoms with Crippen LogP contribution in [0.4, 0.5) is 10.5 Å². The van der Waals surface area contributed by atoms with E-state index in [0.29, 0.717) is 19.7 Å². The zero-order chi connectivity index (χ0) is 13.4. The first-order valence-electron chi connectivity index (χ1n) is 5.89. The number of nitrogens with zero attached hydrogens (tertiary/aromatic N) is 1. The standard InChI is InChI=1S/C13H18N2O3/c1-3-18-13(17)14-9-10-15(11(2)16)12-7-5-4-6-8-12/h4-8H,3,9-10H2,1-2H3,(H,14,17). The lowest BCUT2D eigenvalue weighted by Crippen LogP contribution is -2.37. The van der Waals surface area contributed by atoms with Crippen LogP contribution in [0.2, 0.25) is 0 Å². The normalized spacial score (nSPS) is 9.67. The summed E-state index contributed by atoms with van der Waals surface area (Å²) in [5.74, 6) is -0.0631. The van der Waals surface area contributed by atoms with E-state index in [2.05, 4.69) is 5.32 Å². The Hall–Kier alpha value is -2.04. The second-order valence-corrected chi connectivity index (χ2v) is 3.65. The quantitative estimate of drug-likeness (QED) is 0.866. The van der Waals surface area contributed by atoms with E-state index in [1.54, 1.807) is 11.8 Å². The molecule has 1 aromatic carbocycles. The van der Waals surface area contributed by atoms with Gasteiger partial charge in [0.2, 0.25) is 5.91 Å². The van der Waals surface area contributed by atoms with Gasteiger partial charge in [0.1, 0.15) is 0 Å². The summed E-state index contributed by atoms with van der Waals surface area (Å²) >= 11 is 0. The molecule has 0 fully saturated rings.